The zero-order valence-corrected chi connectivity index (χ0v) is 16.3. The van der Waals surface area contributed by atoms with Crippen molar-refractivity contribution < 1.29 is 23.5 Å². The Balaban J connectivity index is 2.07. The van der Waals surface area contributed by atoms with E-state index in [0.717, 1.165) is 5.56 Å². The second-order valence-corrected chi connectivity index (χ2v) is 6.17. The second-order valence-electron chi connectivity index (χ2n) is 6.17. The molecule has 0 radical (unpaired) electrons. The van der Waals surface area contributed by atoms with Crippen LogP contribution in [0.3, 0.4) is 0 Å². The van der Waals surface area contributed by atoms with Gasteiger partial charge in [0.2, 0.25) is 11.8 Å². The maximum Gasteiger partial charge on any atom is 0.222 e. The first-order valence-electron chi connectivity index (χ1n) is 9.02. The van der Waals surface area contributed by atoms with Gasteiger partial charge in [-0.15, -0.1) is 0 Å². The van der Waals surface area contributed by atoms with Crippen LogP contribution in [0.2, 0.25) is 0 Å². The molecule has 0 spiro atoms. The number of nitrogens with one attached hydrogen (secondary N) is 2. The number of amides is 2. The Kier molecular flexibility index (Phi) is 7.80. The van der Waals surface area contributed by atoms with Crippen molar-refractivity contribution in [2.75, 3.05) is 13.7 Å². The molecule has 6 nitrogen and oxygen atoms in total. The number of rotatable bonds is 9. The van der Waals surface area contributed by atoms with Gasteiger partial charge in [0.25, 0.3) is 0 Å². The molecule has 1 atom stereocenters. The number of carbonyl (C=O) groups excluding carboxylic acids is 2. The Bertz CT molecular complexity index is 826. The summed E-state index contributed by atoms with van der Waals surface area (Å²) >= 11 is 0. The van der Waals surface area contributed by atoms with E-state index in [1.54, 1.807) is 12.1 Å². The summed E-state index contributed by atoms with van der Waals surface area (Å²) in [6, 6.07) is 11.2. The average Bonchev–Trinajstić information content (AvgIpc) is 2.66. The number of benzene rings is 2. The number of carbonyl (C=O) groups is 2. The third-order valence-corrected chi connectivity index (χ3v) is 4.07. The molecule has 7 heteroatoms. The van der Waals surface area contributed by atoms with E-state index in [4.69, 9.17) is 9.47 Å². The molecular weight excluding hydrogens is 363 g/mol. The van der Waals surface area contributed by atoms with E-state index in [1.165, 1.54) is 26.2 Å². The van der Waals surface area contributed by atoms with Crippen LogP contribution in [0.15, 0.2) is 42.5 Å². The number of methoxy groups -OCH3 is 1. The van der Waals surface area contributed by atoms with Gasteiger partial charge in [0, 0.05) is 19.0 Å². The highest BCUT2D eigenvalue weighted by Gasteiger charge is 2.20. The van der Waals surface area contributed by atoms with Gasteiger partial charge in [0.1, 0.15) is 5.75 Å². The van der Waals surface area contributed by atoms with Crippen LogP contribution in [-0.4, -0.2) is 25.5 Å². The third kappa shape index (κ3) is 5.97. The molecule has 2 aromatic rings. The lowest BCUT2D eigenvalue weighted by Crippen LogP contribution is -2.32. The average molecular weight is 388 g/mol. The van der Waals surface area contributed by atoms with Gasteiger partial charge in [0.05, 0.1) is 26.2 Å². The van der Waals surface area contributed by atoms with Crippen molar-refractivity contribution >= 4 is 11.8 Å². The minimum atomic E-state index is -0.534. The van der Waals surface area contributed by atoms with E-state index in [9.17, 15) is 14.0 Å². The number of ether oxygens (including phenoxy) is 2. The summed E-state index contributed by atoms with van der Waals surface area (Å²) in [6.07, 6.45) is 0.0301. The molecule has 2 N–H and O–H groups in total. The Labute approximate surface area is 164 Å². The Morgan fingerprint density at radius 2 is 1.89 bits per heavy atom. The minimum absolute atomic E-state index is 0.0301. The maximum absolute atomic E-state index is 13.8. The van der Waals surface area contributed by atoms with Crippen LogP contribution in [-0.2, 0) is 16.1 Å². The monoisotopic (exact) mass is 388 g/mol. The summed E-state index contributed by atoms with van der Waals surface area (Å²) in [7, 11) is 1.39. The van der Waals surface area contributed by atoms with Gasteiger partial charge in [-0.3, -0.25) is 9.59 Å². The zero-order valence-electron chi connectivity index (χ0n) is 16.3. The van der Waals surface area contributed by atoms with Crippen LogP contribution in [0, 0.1) is 5.82 Å². The lowest BCUT2D eigenvalue weighted by molar-refractivity contribution is -0.122. The molecule has 0 aliphatic heterocycles. The standard InChI is InChI=1S/C21H25FN2O4/c1-4-28-19-8-6-5-7-16(19)18(24-14(2)25)12-21(26)23-13-15-9-10-20(27-3)17(22)11-15/h5-11,18H,4,12-13H2,1-3H3,(H,23,26)(H,24,25). The summed E-state index contributed by atoms with van der Waals surface area (Å²) < 4.78 is 24.3. The highest BCUT2D eigenvalue weighted by molar-refractivity contribution is 5.79. The molecular formula is C21H25FN2O4. The van der Waals surface area contributed by atoms with Crippen molar-refractivity contribution in [2.45, 2.75) is 32.9 Å². The topological polar surface area (TPSA) is 76.7 Å². The smallest absolute Gasteiger partial charge is 0.222 e. The van der Waals surface area contributed by atoms with Crippen LogP contribution in [0.4, 0.5) is 4.39 Å². The lowest BCUT2D eigenvalue weighted by atomic mass is 10.0. The van der Waals surface area contributed by atoms with E-state index in [1.807, 2.05) is 25.1 Å². The van der Waals surface area contributed by atoms with Crippen LogP contribution in [0.5, 0.6) is 11.5 Å². The Morgan fingerprint density at radius 3 is 2.54 bits per heavy atom. The van der Waals surface area contributed by atoms with Crippen molar-refractivity contribution in [1.29, 1.82) is 0 Å². The number of para-hydroxylation sites is 1. The summed E-state index contributed by atoms with van der Waals surface area (Å²) in [5, 5.41) is 5.54. The molecule has 28 heavy (non-hydrogen) atoms. The van der Waals surface area contributed by atoms with Gasteiger partial charge in [-0.05, 0) is 30.7 Å². The van der Waals surface area contributed by atoms with E-state index in [2.05, 4.69) is 10.6 Å². The molecule has 0 aromatic heterocycles. The lowest BCUT2D eigenvalue weighted by Gasteiger charge is -2.21. The van der Waals surface area contributed by atoms with E-state index in [0.29, 0.717) is 17.9 Å². The van der Waals surface area contributed by atoms with Crippen LogP contribution < -0.4 is 20.1 Å². The van der Waals surface area contributed by atoms with Gasteiger partial charge in [0.15, 0.2) is 11.6 Å². The number of hydrogen-bond acceptors (Lipinski definition) is 4. The number of hydrogen-bond donors (Lipinski definition) is 2. The molecule has 0 heterocycles. The summed E-state index contributed by atoms with van der Waals surface area (Å²) in [5.41, 5.74) is 1.34. The fourth-order valence-corrected chi connectivity index (χ4v) is 2.82. The van der Waals surface area contributed by atoms with Gasteiger partial charge in [-0.2, -0.15) is 0 Å². The van der Waals surface area contributed by atoms with Crippen molar-refractivity contribution in [3.8, 4) is 11.5 Å². The fourth-order valence-electron chi connectivity index (χ4n) is 2.82. The largest absolute Gasteiger partial charge is 0.494 e. The molecule has 2 aromatic carbocycles. The molecule has 0 fully saturated rings. The van der Waals surface area contributed by atoms with Gasteiger partial charge in [-0.1, -0.05) is 24.3 Å². The van der Waals surface area contributed by atoms with E-state index >= 15 is 0 Å². The molecule has 0 saturated heterocycles. The quantitative estimate of drug-likeness (QED) is 0.692. The predicted molar refractivity (Wildman–Crippen MR) is 104 cm³/mol. The molecule has 0 aliphatic rings. The molecule has 0 aliphatic carbocycles. The van der Waals surface area contributed by atoms with Crippen LogP contribution >= 0.6 is 0 Å². The van der Waals surface area contributed by atoms with Crippen LogP contribution in [0.1, 0.15) is 37.4 Å². The Hall–Kier alpha value is -3.09. The second kappa shape index (κ2) is 10.3. The molecule has 0 saturated carbocycles. The van der Waals surface area contributed by atoms with Crippen molar-refractivity contribution in [3.05, 3.63) is 59.4 Å². The van der Waals surface area contributed by atoms with Gasteiger partial charge < -0.3 is 20.1 Å². The molecule has 2 rings (SSSR count). The van der Waals surface area contributed by atoms with E-state index < -0.39 is 11.9 Å². The Morgan fingerprint density at radius 1 is 1.14 bits per heavy atom. The maximum atomic E-state index is 13.8. The molecule has 1 unspecified atom stereocenters. The zero-order chi connectivity index (χ0) is 20.5. The number of halogens is 1. The highest BCUT2D eigenvalue weighted by atomic mass is 19.1. The van der Waals surface area contributed by atoms with Crippen molar-refractivity contribution in [1.82, 2.24) is 10.6 Å². The first-order chi connectivity index (χ1) is 13.4. The summed E-state index contributed by atoms with van der Waals surface area (Å²) in [4.78, 5) is 24.1. The first kappa shape index (κ1) is 21.2. The fraction of sp³-hybridized carbons (Fsp3) is 0.333. The van der Waals surface area contributed by atoms with Gasteiger partial charge >= 0.3 is 0 Å². The van der Waals surface area contributed by atoms with Gasteiger partial charge in [-0.25, -0.2) is 4.39 Å². The summed E-state index contributed by atoms with van der Waals surface area (Å²) in [5.74, 6) is -0.249. The third-order valence-electron chi connectivity index (χ3n) is 4.07. The summed E-state index contributed by atoms with van der Waals surface area (Å²) in [6.45, 7) is 3.90. The minimum Gasteiger partial charge on any atom is -0.494 e. The van der Waals surface area contributed by atoms with Crippen LogP contribution in [0.25, 0.3) is 0 Å². The van der Waals surface area contributed by atoms with E-state index in [-0.39, 0.29) is 30.5 Å². The molecule has 2 amide bonds. The van der Waals surface area contributed by atoms with Crippen molar-refractivity contribution in [2.24, 2.45) is 0 Å². The first-order valence-corrected chi connectivity index (χ1v) is 9.02. The normalized spacial score (nSPS) is 11.4. The highest BCUT2D eigenvalue weighted by Crippen LogP contribution is 2.27. The van der Waals surface area contributed by atoms with Crippen molar-refractivity contribution in [3.63, 3.8) is 0 Å². The molecule has 0 bridgehead atoms. The SMILES string of the molecule is CCOc1ccccc1C(CC(=O)NCc1ccc(OC)c(F)c1)NC(C)=O. The molecule has 150 valence electrons. The predicted octanol–water partition coefficient (Wildman–Crippen LogP) is 3.12.